The van der Waals surface area contributed by atoms with Gasteiger partial charge in [0.2, 0.25) is 41.4 Å². The molecule has 3 saturated heterocycles. The molecule has 37 nitrogen and oxygen atoms in total. The summed E-state index contributed by atoms with van der Waals surface area (Å²) in [7, 11) is 7.49. The number of morpholine rings is 2. The van der Waals surface area contributed by atoms with Crippen molar-refractivity contribution in [1.82, 2.24) is 51.1 Å². The molecule has 0 saturated carbocycles. The summed E-state index contributed by atoms with van der Waals surface area (Å²) in [6, 6.07) is 26.8. The molecule has 5 aromatic rings. The third kappa shape index (κ3) is 31.1. The number of aliphatic hydroxyl groups is 1. The summed E-state index contributed by atoms with van der Waals surface area (Å²) in [6.07, 6.45) is -1.29. The monoisotopic (exact) mass is 1960 g/mol. The molecule has 0 aliphatic carbocycles. The van der Waals surface area contributed by atoms with Crippen LogP contribution in [0.5, 0.6) is 11.5 Å². The number of benzene rings is 5. The number of likely N-dealkylation sites (N-methyl/N-ethyl adjacent to an activating group) is 2. The molecule has 14 amide bonds. The minimum absolute atomic E-state index is 0.00667. The lowest BCUT2D eigenvalue weighted by atomic mass is 9.89. The first-order valence-electron chi connectivity index (χ1n) is 46.9. The van der Waals surface area contributed by atoms with Crippen LogP contribution in [0, 0.1) is 29.6 Å². The van der Waals surface area contributed by atoms with Gasteiger partial charge >= 0.3 is 12.1 Å². The van der Waals surface area contributed by atoms with Crippen molar-refractivity contribution < 1.29 is 115 Å². The molecule has 3 fully saturated rings. The highest BCUT2D eigenvalue weighted by molar-refractivity contribution is 8.08. The van der Waals surface area contributed by atoms with E-state index in [9.17, 15) is 67.4 Å². The molecule has 0 bridgehead atoms. The van der Waals surface area contributed by atoms with Crippen LogP contribution >= 0.6 is 23.5 Å². The van der Waals surface area contributed by atoms with Crippen molar-refractivity contribution in [2.75, 3.05) is 158 Å². The van der Waals surface area contributed by atoms with Crippen LogP contribution < -0.4 is 52.0 Å². The summed E-state index contributed by atoms with van der Waals surface area (Å²) in [4.78, 5) is 191. The minimum atomic E-state index is -1.18. The second kappa shape index (κ2) is 54.9. The SMILES string of the molecule is CCC(C)[C@@H]([C@@H](CC(=O)N1CCC[C@H]1[C@H](OC)[C@@H](C)C(=O)N[C@H](C)[C@@H](O)c1ccccc1)OC)N(C)C(=O)[C@@H](NC(=O)[C@H](C(C)C)N(C)C(=O)OCc1ccc(NC(=O)[C@H](CCCNC(N)=O)NC(=O)[C@@H](NC(=O)COCCOCCOCCOc2ccc(N3C(=O)C(Sc4ccc(C(=O)N5CCOCC5)cc4)=C(Sc4ccc(C(=O)N5CCOCC5)cc4)C3=O)cc2OC)C(C)C)cc1)C(C)C. The van der Waals surface area contributed by atoms with E-state index in [1.54, 1.807) is 179 Å². The van der Waals surface area contributed by atoms with Crippen LogP contribution in [0.25, 0.3) is 0 Å². The standard InChI is InChI=1S/C99H137N13O24S2/c1-16-63(8)84(78(128-14)57-80(114)111-41-21-25-75(111)86(129-15)64(9)89(116)102-65(10)85(115)67-22-18-17-19-23-67)107(11)95(122)82(61(4)5)106-92(119)83(62(6)7)108(12)99(126)136-58-66-26-32-70(33-27-66)103-90(117)74(24-20-40-101-98(100)125)104-91(118)81(60(2)3)105-79(113)59-134-53-52-132-50-51-133-54-55-135-76-39-34-71(56-77(76)127-13)112-96(123)87(137-72-35-28-68(29-36-72)93(120)109-42-46-130-47-43-109)88(97(112)124)138-73-37-30-69(31-38-73)94(121)110-44-48-131-49-45-110/h17-19,22-23,26-39,56,60-65,74-75,78,81-86,115H,16,20-21,24-25,40-55,57-59H2,1-15H3,(H,102,116)(H,103,117)(H,104,118)(H,105,113)(H,106,119)(H3,100,101,125)/t63?,64-,65-,74+,75+,78-,81+,82+,83+,84+,85-,86-/m1/s1. The Morgan fingerprint density at radius 2 is 1.16 bits per heavy atom. The molecule has 0 spiro atoms. The molecular weight excluding hydrogens is 1820 g/mol. The second-order valence-electron chi connectivity index (χ2n) is 35.4. The van der Waals surface area contributed by atoms with Gasteiger partial charge in [-0.05, 0) is 140 Å². The number of urea groups is 1. The van der Waals surface area contributed by atoms with Crippen LogP contribution in [0.1, 0.15) is 146 Å². The lowest BCUT2D eigenvalue weighted by molar-refractivity contribution is -0.148. The largest absolute Gasteiger partial charge is 0.493 e. The average Bonchev–Trinajstić information content (AvgIpc) is 1.61. The number of primary amides is 1. The zero-order chi connectivity index (χ0) is 100. The Bertz CT molecular complexity index is 4830. The third-order valence-corrected chi connectivity index (χ3v) is 26.9. The quantitative estimate of drug-likeness (QED) is 0.0134. The summed E-state index contributed by atoms with van der Waals surface area (Å²) < 4.78 is 57.4. The average molecular weight is 1960 g/mol. The van der Waals surface area contributed by atoms with Crippen LogP contribution in [0.15, 0.2) is 141 Å². The van der Waals surface area contributed by atoms with Crippen LogP contribution in [-0.4, -0.2) is 309 Å². The number of imide groups is 1. The Hall–Kier alpha value is -11.3. The van der Waals surface area contributed by atoms with Gasteiger partial charge in [0.05, 0.1) is 131 Å². The van der Waals surface area contributed by atoms with Gasteiger partial charge in [-0.1, -0.05) is 135 Å². The summed E-state index contributed by atoms with van der Waals surface area (Å²) in [5, 5.41) is 27.6. The smallest absolute Gasteiger partial charge is 0.410 e. The number of nitrogens with zero attached hydrogens (tertiary/aromatic N) is 6. The Labute approximate surface area is 816 Å². The van der Waals surface area contributed by atoms with E-state index in [1.807, 2.05) is 32.0 Å². The van der Waals surface area contributed by atoms with Crippen molar-refractivity contribution in [2.24, 2.45) is 35.3 Å². The van der Waals surface area contributed by atoms with E-state index in [4.69, 9.17) is 53.1 Å². The first kappa shape index (κ1) is 110. The number of aliphatic hydroxyl groups excluding tert-OH is 1. The molecule has 0 radical (unpaired) electrons. The Kier molecular flexibility index (Phi) is 43.9. The number of rotatable bonds is 52. The van der Waals surface area contributed by atoms with Crippen molar-refractivity contribution in [3.8, 4) is 11.5 Å². The number of thioether (sulfide) groups is 2. The highest BCUT2D eigenvalue weighted by Crippen LogP contribution is 2.46. The summed E-state index contributed by atoms with van der Waals surface area (Å²) in [6.45, 7) is 22.1. The second-order valence-corrected chi connectivity index (χ2v) is 37.6. The zero-order valence-corrected chi connectivity index (χ0v) is 83.2. The van der Waals surface area contributed by atoms with Gasteiger partial charge in [-0.15, -0.1) is 0 Å². The van der Waals surface area contributed by atoms with Gasteiger partial charge in [-0.3, -0.25) is 57.6 Å². The minimum Gasteiger partial charge on any atom is -0.493 e. The maximum atomic E-state index is 14.9. The van der Waals surface area contributed by atoms with Gasteiger partial charge in [0, 0.05) is 100 Å². The topological polar surface area (TPSA) is 452 Å². The lowest BCUT2D eigenvalue weighted by Crippen LogP contribution is -2.60. The number of hydrogen-bond acceptors (Lipinski definition) is 26. The predicted molar refractivity (Wildman–Crippen MR) is 518 cm³/mol. The number of methoxy groups -OCH3 is 3. The summed E-state index contributed by atoms with van der Waals surface area (Å²) in [5.74, 6) is -6.72. The van der Waals surface area contributed by atoms with E-state index >= 15 is 0 Å². The van der Waals surface area contributed by atoms with Crippen molar-refractivity contribution >= 4 is 112 Å². The van der Waals surface area contributed by atoms with E-state index in [0.29, 0.717) is 122 Å². The summed E-state index contributed by atoms with van der Waals surface area (Å²) >= 11 is 2.20. The lowest BCUT2D eigenvalue weighted by Gasteiger charge is -2.41. The number of hydrogen-bond donors (Lipinski definition) is 8. The number of ether oxygens (including phenoxy) is 10. The number of carbonyl (C=O) groups excluding carboxylic acids is 13. The van der Waals surface area contributed by atoms with E-state index in [2.05, 4.69) is 31.9 Å². The Balaban J connectivity index is 0.700. The molecule has 4 aliphatic heterocycles. The highest BCUT2D eigenvalue weighted by atomic mass is 32.2. The van der Waals surface area contributed by atoms with E-state index < -0.39 is 144 Å². The first-order valence-corrected chi connectivity index (χ1v) is 48.6. The Morgan fingerprint density at radius 1 is 0.594 bits per heavy atom. The molecule has 138 heavy (non-hydrogen) atoms. The number of nitrogens with two attached hydrogens (primary N) is 1. The number of anilines is 2. The molecule has 4 heterocycles. The van der Waals surface area contributed by atoms with E-state index in [0.717, 1.165) is 28.4 Å². The van der Waals surface area contributed by atoms with Crippen LogP contribution in [0.4, 0.5) is 21.0 Å². The molecule has 9 rings (SSSR count). The maximum Gasteiger partial charge on any atom is 0.410 e. The van der Waals surface area contributed by atoms with Crippen LogP contribution in [0.3, 0.4) is 0 Å². The molecule has 9 N–H and O–H groups in total. The molecule has 39 heteroatoms. The number of amides is 14. The summed E-state index contributed by atoms with van der Waals surface area (Å²) in [5.41, 5.74) is 7.95. The van der Waals surface area contributed by atoms with E-state index in [1.165, 1.54) is 39.3 Å². The molecule has 754 valence electrons. The Morgan fingerprint density at radius 3 is 1.69 bits per heavy atom. The third-order valence-electron chi connectivity index (χ3n) is 24.6. The maximum absolute atomic E-state index is 14.9. The van der Waals surface area contributed by atoms with Crippen molar-refractivity contribution in [3.63, 3.8) is 0 Å². The molecule has 0 aromatic heterocycles. The van der Waals surface area contributed by atoms with Crippen molar-refractivity contribution in [3.05, 3.63) is 153 Å². The molecule has 5 aromatic carbocycles. The van der Waals surface area contributed by atoms with Gasteiger partial charge in [-0.2, -0.15) is 0 Å². The van der Waals surface area contributed by atoms with Gasteiger partial charge in [0.25, 0.3) is 23.6 Å². The van der Waals surface area contributed by atoms with Crippen LogP contribution in [-0.2, 0) is 87.7 Å². The highest BCUT2D eigenvalue weighted by Gasteiger charge is 2.46. The fraction of sp³-hybridized carbons (Fsp3) is 0.545. The van der Waals surface area contributed by atoms with Gasteiger partial charge in [0.15, 0.2) is 11.5 Å². The van der Waals surface area contributed by atoms with Crippen LogP contribution in [0.2, 0.25) is 0 Å². The normalized spacial score (nSPS) is 17.0. The molecular formula is C99H137N13O24S2. The van der Waals surface area contributed by atoms with Crippen molar-refractivity contribution in [1.29, 1.82) is 0 Å². The van der Waals surface area contributed by atoms with E-state index in [-0.39, 0.29) is 123 Å². The number of carbonyl (C=O) groups is 13. The zero-order valence-electron chi connectivity index (χ0n) is 81.6. The first-order chi connectivity index (χ1) is 66.1. The van der Waals surface area contributed by atoms with Gasteiger partial charge in [0.1, 0.15) is 44.0 Å². The fourth-order valence-electron chi connectivity index (χ4n) is 16.7. The molecule has 12 atom stereocenters. The number of likely N-dealkylation sites (tertiary alicyclic amines) is 1. The molecule has 1 unspecified atom stereocenters. The predicted octanol–water partition coefficient (Wildman–Crippen LogP) is 8.34. The number of nitrogens with one attached hydrogen (secondary N) is 6. The van der Waals surface area contributed by atoms with Gasteiger partial charge in [-0.25, -0.2) is 14.5 Å². The van der Waals surface area contributed by atoms with Crippen molar-refractivity contribution in [2.45, 2.75) is 185 Å². The fourth-order valence-corrected chi connectivity index (χ4v) is 18.7. The molecule has 4 aliphatic rings. The van der Waals surface area contributed by atoms with Gasteiger partial charge < -0.3 is 110 Å².